The van der Waals surface area contributed by atoms with Crippen LogP contribution in [0, 0.1) is 5.92 Å². The third kappa shape index (κ3) is 3.87. The van der Waals surface area contributed by atoms with Crippen molar-refractivity contribution in [3.63, 3.8) is 0 Å². The van der Waals surface area contributed by atoms with Crippen LogP contribution in [0.2, 0.25) is 0 Å². The van der Waals surface area contributed by atoms with E-state index in [0.29, 0.717) is 30.8 Å². The lowest BCUT2D eigenvalue weighted by molar-refractivity contribution is -0.127. The first-order valence-electron chi connectivity index (χ1n) is 8.32. The molecule has 0 saturated carbocycles. The number of amides is 4. The molecule has 8 heteroatoms. The van der Waals surface area contributed by atoms with Crippen molar-refractivity contribution in [2.24, 2.45) is 5.92 Å². The zero-order valence-corrected chi connectivity index (χ0v) is 14.3. The van der Waals surface area contributed by atoms with Gasteiger partial charge < -0.3 is 9.80 Å². The maximum Gasteiger partial charge on any atom is 0.319 e. The number of thiophene rings is 1. The lowest BCUT2D eigenvalue weighted by Crippen LogP contribution is -2.50. The van der Waals surface area contributed by atoms with Crippen LogP contribution in [-0.4, -0.2) is 53.8 Å². The number of piperidine rings is 1. The van der Waals surface area contributed by atoms with Gasteiger partial charge in [0.05, 0.1) is 4.88 Å². The molecule has 2 fully saturated rings. The fourth-order valence-electron chi connectivity index (χ4n) is 3.13. The molecule has 2 aliphatic heterocycles. The minimum atomic E-state index is -0.306. The normalized spacial score (nSPS) is 18.5. The van der Waals surface area contributed by atoms with Gasteiger partial charge in [-0.2, -0.15) is 0 Å². The van der Waals surface area contributed by atoms with Crippen molar-refractivity contribution < 1.29 is 14.4 Å². The minimum Gasteiger partial charge on any atom is -0.325 e. The molecule has 0 spiro atoms. The Labute approximate surface area is 145 Å². The maximum absolute atomic E-state index is 12.3. The summed E-state index contributed by atoms with van der Waals surface area (Å²) < 4.78 is 0. The van der Waals surface area contributed by atoms with Crippen molar-refractivity contribution in [3.8, 4) is 0 Å². The number of nitrogens with one attached hydrogen (secondary N) is 2. The molecule has 2 N–H and O–H groups in total. The number of hydrogen-bond donors (Lipinski definition) is 2. The van der Waals surface area contributed by atoms with Crippen molar-refractivity contribution in [2.75, 3.05) is 26.2 Å². The Balaban J connectivity index is 1.41. The van der Waals surface area contributed by atoms with Crippen LogP contribution in [0.5, 0.6) is 0 Å². The van der Waals surface area contributed by atoms with Gasteiger partial charge >= 0.3 is 6.03 Å². The molecular formula is C16H22N4O3S. The molecule has 3 heterocycles. The predicted molar refractivity (Wildman–Crippen MR) is 90.4 cm³/mol. The summed E-state index contributed by atoms with van der Waals surface area (Å²) in [4.78, 5) is 40.6. The lowest BCUT2D eigenvalue weighted by atomic mass is 9.96. The van der Waals surface area contributed by atoms with Gasteiger partial charge in [0.15, 0.2) is 0 Å². The number of carbonyl (C=O) groups is 3. The van der Waals surface area contributed by atoms with Crippen LogP contribution in [0.15, 0.2) is 17.5 Å². The summed E-state index contributed by atoms with van der Waals surface area (Å²) in [5, 5.41) is 1.81. The van der Waals surface area contributed by atoms with E-state index in [2.05, 4.69) is 10.9 Å². The van der Waals surface area contributed by atoms with Crippen molar-refractivity contribution >= 4 is 29.2 Å². The first-order chi connectivity index (χ1) is 11.6. The molecule has 2 saturated heterocycles. The minimum absolute atomic E-state index is 0.0948. The van der Waals surface area contributed by atoms with E-state index in [1.165, 1.54) is 11.3 Å². The Kier molecular flexibility index (Phi) is 5.34. The maximum atomic E-state index is 12.3. The summed E-state index contributed by atoms with van der Waals surface area (Å²) in [6.45, 7) is 2.86. The highest BCUT2D eigenvalue weighted by atomic mass is 32.1. The average Bonchev–Trinajstić information content (AvgIpc) is 3.32. The molecule has 24 heavy (non-hydrogen) atoms. The van der Waals surface area contributed by atoms with Gasteiger partial charge in [-0.25, -0.2) is 4.79 Å². The van der Waals surface area contributed by atoms with Crippen LogP contribution >= 0.6 is 11.3 Å². The van der Waals surface area contributed by atoms with Gasteiger partial charge in [0.25, 0.3) is 5.91 Å². The zero-order valence-electron chi connectivity index (χ0n) is 13.5. The van der Waals surface area contributed by atoms with Crippen molar-refractivity contribution in [3.05, 3.63) is 22.4 Å². The number of hydrazine groups is 1. The molecule has 1 aromatic heterocycles. The van der Waals surface area contributed by atoms with Gasteiger partial charge in [0.1, 0.15) is 0 Å². The van der Waals surface area contributed by atoms with E-state index in [0.717, 1.165) is 25.9 Å². The summed E-state index contributed by atoms with van der Waals surface area (Å²) in [5.41, 5.74) is 4.94. The van der Waals surface area contributed by atoms with Crippen LogP contribution in [-0.2, 0) is 4.79 Å². The van der Waals surface area contributed by atoms with Crippen LogP contribution < -0.4 is 10.9 Å². The fraction of sp³-hybridized carbons (Fsp3) is 0.562. The predicted octanol–water partition coefficient (Wildman–Crippen LogP) is 1.44. The number of rotatable bonds is 2. The fourth-order valence-corrected chi connectivity index (χ4v) is 3.75. The zero-order chi connectivity index (χ0) is 16.9. The Hall–Kier alpha value is -2.09. The molecule has 0 aromatic carbocycles. The first kappa shape index (κ1) is 16.8. The van der Waals surface area contributed by atoms with Crippen LogP contribution in [0.25, 0.3) is 0 Å². The number of urea groups is 1. The highest BCUT2D eigenvalue weighted by molar-refractivity contribution is 7.12. The van der Waals surface area contributed by atoms with Crippen molar-refractivity contribution in [1.29, 1.82) is 0 Å². The van der Waals surface area contributed by atoms with E-state index in [-0.39, 0.29) is 23.8 Å². The largest absolute Gasteiger partial charge is 0.325 e. The second kappa shape index (κ2) is 7.65. The van der Waals surface area contributed by atoms with Crippen LogP contribution in [0.3, 0.4) is 0 Å². The summed E-state index contributed by atoms with van der Waals surface area (Å²) in [6, 6.07) is 3.58. The monoisotopic (exact) mass is 350 g/mol. The highest BCUT2D eigenvalue weighted by Gasteiger charge is 2.30. The van der Waals surface area contributed by atoms with Gasteiger partial charge in [-0.3, -0.25) is 20.4 Å². The van der Waals surface area contributed by atoms with Crippen molar-refractivity contribution in [2.45, 2.75) is 25.7 Å². The van der Waals surface area contributed by atoms with E-state index in [1.54, 1.807) is 12.1 Å². The molecule has 0 radical (unpaired) electrons. The molecule has 0 unspecified atom stereocenters. The molecule has 1 aromatic rings. The summed E-state index contributed by atoms with van der Waals surface area (Å²) in [6.07, 6.45) is 3.41. The molecular weight excluding hydrogens is 328 g/mol. The van der Waals surface area contributed by atoms with Gasteiger partial charge in [-0.1, -0.05) is 6.07 Å². The molecule has 0 bridgehead atoms. The number of likely N-dealkylation sites (tertiary alicyclic amines) is 2. The summed E-state index contributed by atoms with van der Waals surface area (Å²) in [7, 11) is 0. The van der Waals surface area contributed by atoms with E-state index in [9.17, 15) is 14.4 Å². The van der Waals surface area contributed by atoms with Gasteiger partial charge in [0, 0.05) is 32.1 Å². The van der Waals surface area contributed by atoms with Gasteiger partial charge in [-0.05, 0) is 37.1 Å². The number of carbonyl (C=O) groups excluding carboxylic acids is 3. The van der Waals surface area contributed by atoms with E-state index in [1.807, 2.05) is 15.2 Å². The molecule has 0 aliphatic carbocycles. The summed E-state index contributed by atoms with van der Waals surface area (Å²) >= 11 is 1.32. The van der Waals surface area contributed by atoms with E-state index in [4.69, 9.17) is 0 Å². The van der Waals surface area contributed by atoms with E-state index < -0.39 is 0 Å². The van der Waals surface area contributed by atoms with Gasteiger partial charge in [0.2, 0.25) is 5.91 Å². The molecule has 0 atom stereocenters. The highest BCUT2D eigenvalue weighted by Crippen LogP contribution is 2.20. The average molecular weight is 350 g/mol. The number of nitrogens with zero attached hydrogens (tertiary/aromatic N) is 2. The Morgan fingerprint density at radius 1 is 1.00 bits per heavy atom. The summed E-state index contributed by atoms with van der Waals surface area (Å²) in [5.74, 6) is -0.663. The second-order valence-electron chi connectivity index (χ2n) is 6.16. The Morgan fingerprint density at radius 3 is 2.29 bits per heavy atom. The first-order valence-corrected chi connectivity index (χ1v) is 9.20. The smallest absolute Gasteiger partial charge is 0.319 e. The standard InChI is InChI=1S/C16H22N4O3S/c21-14(17-18-15(22)13-4-3-11-24-13)12-5-9-20(10-6-12)16(23)19-7-1-2-8-19/h3-4,11-12H,1-2,5-10H2,(H,17,21)(H,18,22). The van der Waals surface area contributed by atoms with Gasteiger partial charge in [-0.15, -0.1) is 11.3 Å². The van der Waals surface area contributed by atoms with E-state index >= 15 is 0 Å². The lowest BCUT2D eigenvalue weighted by Gasteiger charge is -2.33. The van der Waals surface area contributed by atoms with Crippen molar-refractivity contribution in [1.82, 2.24) is 20.7 Å². The topological polar surface area (TPSA) is 81.8 Å². The molecule has 7 nitrogen and oxygen atoms in total. The SMILES string of the molecule is O=C(NNC(=O)C1CCN(C(=O)N2CCCC2)CC1)c1cccs1. The third-order valence-electron chi connectivity index (χ3n) is 4.56. The van der Waals surface area contributed by atoms with Crippen LogP contribution in [0.4, 0.5) is 4.79 Å². The Morgan fingerprint density at radius 2 is 1.67 bits per heavy atom. The quantitative estimate of drug-likeness (QED) is 0.792. The molecule has 2 aliphatic rings. The third-order valence-corrected chi connectivity index (χ3v) is 5.43. The molecule has 130 valence electrons. The number of hydrogen-bond acceptors (Lipinski definition) is 4. The van der Waals surface area contributed by atoms with Crippen LogP contribution in [0.1, 0.15) is 35.4 Å². The Bertz CT molecular complexity index is 590. The second-order valence-corrected chi connectivity index (χ2v) is 7.11. The molecule has 4 amide bonds. The molecule has 3 rings (SSSR count).